The first kappa shape index (κ1) is 15.5. The number of nitrogens with zero attached hydrogens (tertiary/aromatic N) is 1. The van der Waals surface area contributed by atoms with E-state index in [-0.39, 0.29) is 11.7 Å². The second-order valence-electron chi connectivity index (χ2n) is 5.03. The Morgan fingerprint density at radius 2 is 1.89 bits per heavy atom. The molecule has 0 saturated heterocycles. The summed E-state index contributed by atoms with van der Waals surface area (Å²) in [5.74, 6) is 0.846. The molecule has 1 aromatic carbocycles. The first-order valence-electron chi connectivity index (χ1n) is 7.12. The van der Waals surface area contributed by atoms with Crippen LogP contribution in [0.15, 0.2) is 18.2 Å². The Bertz CT molecular complexity index is 425. The minimum absolute atomic E-state index is 0.0532. The highest BCUT2D eigenvalue weighted by Gasteiger charge is 2.17. The van der Waals surface area contributed by atoms with Gasteiger partial charge < -0.3 is 10.0 Å². The molecule has 1 amide bonds. The molecule has 0 aliphatic heterocycles. The maximum Gasteiger partial charge on any atom is 0.253 e. The van der Waals surface area contributed by atoms with E-state index in [4.69, 9.17) is 0 Å². The number of carbonyl (C=O) groups is 1. The summed E-state index contributed by atoms with van der Waals surface area (Å²) in [7, 11) is 0. The second kappa shape index (κ2) is 7.17. The quantitative estimate of drug-likeness (QED) is 0.852. The number of rotatable bonds is 6. The van der Waals surface area contributed by atoms with Gasteiger partial charge in [-0.2, -0.15) is 0 Å². The summed E-state index contributed by atoms with van der Waals surface area (Å²) in [4.78, 5) is 14.3. The van der Waals surface area contributed by atoms with Crippen molar-refractivity contribution in [2.24, 2.45) is 5.92 Å². The number of hydrogen-bond acceptors (Lipinski definition) is 2. The third-order valence-electron chi connectivity index (χ3n) is 3.75. The predicted octanol–water partition coefficient (Wildman–Crippen LogP) is 3.60. The minimum Gasteiger partial charge on any atom is -0.508 e. The molecule has 0 saturated carbocycles. The van der Waals surface area contributed by atoms with Gasteiger partial charge in [-0.3, -0.25) is 4.79 Å². The largest absolute Gasteiger partial charge is 0.508 e. The molecular formula is C16H25NO2. The molecule has 1 rings (SSSR count). The zero-order valence-corrected chi connectivity index (χ0v) is 12.4. The van der Waals surface area contributed by atoms with E-state index in [1.54, 1.807) is 18.2 Å². The van der Waals surface area contributed by atoms with Gasteiger partial charge in [0.15, 0.2) is 0 Å². The van der Waals surface area contributed by atoms with Gasteiger partial charge in [0.05, 0.1) is 0 Å². The number of hydrogen-bond donors (Lipinski definition) is 1. The molecule has 0 atom stereocenters. The molecule has 0 aromatic heterocycles. The lowest BCUT2D eigenvalue weighted by Gasteiger charge is -2.25. The van der Waals surface area contributed by atoms with E-state index in [9.17, 15) is 9.90 Å². The molecule has 1 aromatic rings. The van der Waals surface area contributed by atoms with Gasteiger partial charge >= 0.3 is 0 Å². The van der Waals surface area contributed by atoms with Gasteiger partial charge in [0, 0.05) is 18.7 Å². The lowest BCUT2D eigenvalue weighted by molar-refractivity contribution is 0.0735. The molecule has 1 N–H and O–H groups in total. The second-order valence-corrected chi connectivity index (χ2v) is 5.03. The SMILES string of the molecule is CCC(CC)CN(CC)C(=O)c1ccc(O)c(C)c1. The lowest BCUT2D eigenvalue weighted by atomic mass is 10.0. The third-order valence-corrected chi connectivity index (χ3v) is 3.75. The molecule has 106 valence electrons. The van der Waals surface area contributed by atoms with E-state index in [1.165, 1.54) is 0 Å². The van der Waals surface area contributed by atoms with Crippen molar-refractivity contribution in [3.8, 4) is 5.75 Å². The van der Waals surface area contributed by atoms with Gasteiger partial charge in [0.25, 0.3) is 5.91 Å². The minimum atomic E-state index is 0.0532. The Balaban J connectivity index is 2.85. The molecule has 0 bridgehead atoms. The van der Waals surface area contributed by atoms with Crippen molar-refractivity contribution >= 4 is 5.91 Å². The number of aromatic hydroxyl groups is 1. The molecule has 3 heteroatoms. The Hall–Kier alpha value is -1.51. The number of amides is 1. The molecule has 19 heavy (non-hydrogen) atoms. The summed E-state index contributed by atoms with van der Waals surface area (Å²) in [6, 6.07) is 5.04. The van der Waals surface area contributed by atoms with Gasteiger partial charge in [0.1, 0.15) is 5.75 Å². The zero-order valence-electron chi connectivity index (χ0n) is 12.4. The fourth-order valence-electron chi connectivity index (χ4n) is 2.19. The van der Waals surface area contributed by atoms with Crippen LogP contribution in [0.3, 0.4) is 0 Å². The number of benzene rings is 1. The average Bonchev–Trinajstić information content (AvgIpc) is 2.42. The Morgan fingerprint density at radius 1 is 1.26 bits per heavy atom. The maximum atomic E-state index is 12.5. The van der Waals surface area contributed by atoms with Crippen LogP contribution in [0.25, 0.3) is 0 Å². The number of phenols is 1. The van der Waals surface area contributed by atoms with Crippen molar-refractivity contribution in [1.29, 1.82) is 0 Å². The normalized spacial score (nSPS) is 10.8. The first-order chi connectivity index (χ1) is 9.03. The number of phenolic OH excluding ortho intramolecular Hbond substituents is 1. The Morgan fingerprint density at radius 3 is 2.37 bits per heavy atom. The smallest absolute Gasteiger partial charge is 0.253 e. The molecule has 0 unspecified atom stereocenters. The van der Waals surface area contributed by atoms with Crippen LogP contribution in [-0.2, 0) is 0 Å². The van der Waals surface area contributed by atoms with E-state index in [1.807, 2.05) is 18.7 Å². The van der Waals surface area contributed by atoms with E-state index in [0.717, 1.165) is 31.5 Å². The third kappa shape index (κ3) is 3.98. The average molecular weight is 263 g/mol. The highest BCUT2D eigenvalue weighted by Crippen LogP contribution is 2.19. The summed E-state index contributed by atoms with van der Waals surface area (Å²) in [5.41, 5.74) is 1.40. The summed E-state index contributed by atoms with van der Waals surface area (Å²) in [6.07, 6.45) is 2.18. The van der Waals surface area contributed by atoms with Crippen LogP contribution in [0.2, 0.25) is 0 Å². The van der Waals surface area contributed by atoms with E-state index >= 15 is 0 Å². The van der Waals surface area contributed by atoms with Crippen LogP contribution >= 0.6 is 0 Å². The topological polar surface area (TPSA) is 40.5 Å². The van der Waals surface area contributed by atoms with Crippen LogP contribution in [0.1, 0.15) is 49.5 Å². The Labute approximate surface area is 116 Å². The summed E-state index contributed by atoms with van der Waals surface area (Å²) < 4.78 is 0. The van der Waals surface area contributed by atoms with Crippen molar-refractivity contribution in [3.63, 3.8) is 0 Å². The van der Waals surface area contributed by atoms with Gasteiger partial charge in [-0.05, 0) is 43.5 Å². The molecule has 0 heterocycles. The standard InChI is InChI=1S/C16H25NO2/c1-5-13(6-2)11-17(7-3)16(19)14-8-9-15(18)12(4)10-14/h8-10,13,18H,5-7,11H2,1-4H3. The molecule has 0 radical (unpaired) electrons. The lowest BCUT2D eigenvalue weighted by Crippen LogP contribution is -2.35. The maximum absolute atomic E-state index is 12.5. The monoisotopic (exact) mass is 263 g/mol. The van der Waals surface area contributed by atoms with Gasteiger partial charge in [0.2, 0.25) is 0 Å². The van der Waals surface area contributed by atoms with Crippen molar-refractivity contribution in [3.05, 3.63) is 29.3 Å². The fraction of sp³-hybridized carbons (Fsp3) is 0.562. The van der Waals surface area contributed by atoms with Crippen molar-refractivity contribution in [1.82, 2.24) is 4.90 Å². The van der Waals surface area contributed by atoms with Gasteiger partial charge in [-0.25, -0.2) is 0 Å². The number of aryl methyl sites for hydroxylation is 1. The molecule has 3 nitrogen and oxygen atoms in total. The van der Waals surface area contributed by atoms with Crippen molar-refractivity contribution in [2.75, 3.05) is 13.1 Å². The first-order valence-corrected chi connectivity index (χ1v) is 7.12. The molecular weight excluding hydrogens is 238 g/mol. The fourth-order valence-corrected chi connectivity index (χ4v) is 2.19. The van der Waals surface area contributed by atoms with Crippen LogP contribution in [-0.4, -0.2) is 29.0 Å². The molecule has 0 spiro atoms. The van der Waals surface area contributed by atoms with Crippen molar-refractivity contribution in [2.45, 2.75) is 40.5 Å². The summed E-state index contributed by atoms with van der Waals surface area (Å²) >= 11 is 0. The molecule has 0 aliphatic rings. The molecule has 0 aliphatic carbocycles. The van der Waals surface area contributed by atoms with E-state index < -0.39 is 0 Å². The van der Waals surface area contributed by atoms with Crippen LogP contribution in [0.5, 0.6) is 5.75 Å². The van der Waals surface area contributed by atoms with Crippen LogP contribution < -0.4 is 0 Å². The van der Waals surface area contributed by atoms with E-state index in [2.05, 4.69) is 13.8 Å². The van der Waals surface area contributed by atoms with Crippen LogP contribution in [0, 0.1) is 12.8 Å². The van der Waals surface area contributed by atoms with Gasteiger partial charge in [-0.1, -0.05) is 26.7 Å². The highest BCUT2D eigenvalue weighted by atomic mass is 16.3. The van der Waals surface area contributed by atoms with Crippen LogP contribution in [0.4, 0.5) is 0 Å². The molecule has 0 fully saturated rings. The number of carbonyl (C=O) groups excluding carboxylic acids is 1. The van der Waals surface area contributed by atoms with Crippen molar-refractivity contribution < 1.29 is 9.90 Å². The van der Waals surface area contributed by atoms with Gasteiger partial charge in [-0.15, -0.1) is 0 Å². The Kier molecular flexibility index (Phi) is 5.87. The summed E-state index contributed by atoms with van der Waals surface area (Å²) in [6.45, 7) is 9.67. The zero-order chi connectivity index (χ0) is 14.4. The summed E-state index contributed by atoms with van der Waals surface area (Å²) in [5, 5.41) is 9.52. The predicted molar refractivity (Wildman–Crippen MR) is 78.5 cm³/mol. The highest BCUT2D eigenvalue weighted by molar-refractivity contribution is 5.94. The van der Waals surface area contributed by atoms with E-state index in [0.29, 0.717) is 11.5 Å².